The summed E-state index contributed by atoms with van der Waals surface area (Å²) in [5.41, 5.74) is 3.41. The van der Waals surface area contributed by atoms with Crippen LogP contribution in [0.3, 0.4) is 0 Å². The number of aryl methyl sites for hydroxylation is 1. The van der Waals surface area contributed by atoms with E-state index in [1.165, 1.54) is 11.1 Å². The van der Waals surface area contributed by atoms with Crippen LogP contribution in [0.1, 0.15) is 28.4 Å². The number of benzene rings is 2. The van der Waals surface area contributed by atoms with E-state index in [2.05, 4.69) is 43.4 Å². The lowest BCUT2D eigenvalue weighted by Crippen LogP contribution is -2.26. The topological polar surface area (TPSA) is 29.1 Å². The van der Waals surface area contributed by atoms with E-state index < -0.39 is 0 Å². The largest absolute Gasteiger partial charge is 0.351 e. The number of thioether (sulfide) groups is 2. The third-order valence-corrected chi connectivity index (χ3v) is 5.30. The second-order valence-corrected chi connectivity index (χ2v) is 7.64. The Labute approximate surface area is 147 Å². The molecule has 4 heteroatoms. The summed E-state index contributed by atoms with van der Waals surface area (Å²) < 4.78 is 0. The third-order valence-electron chi connectivity index (χ3n) is 3.31. The second kappa shape index (κ2) is 9.68. The first kappa shape index (κ1) is 18.0. The standard InChI is InChI=1S/C19H23NOS2/c1-3-23-18-10-5-4-9-17(18)19(21)20-11-12-22-14-16-8-6-7-15(2)13-16/h4-10,13H,3,11-12,14H2,1-2H3,(H,20,21). The summed E-state index contributed by atoms with van der Waals surface area (Å²) in [7, 11) is 0. The monoisotopic (exact) mass is 345 g/mol. The van der Waals surface area contributed by atoms with Gasteiger partial charge in [-0.05, 0) is 30.4 Å². The molecule has 1 N–H and O–H groups in total. The van der Waals surface area contributed by atoms with Gasteiger partial charge in [0.1, 0.15) is 0 Å². The van der Waals surface area contributed by atoms with Crippen LogP contribution < -0.4 is 5.32 Å². The van der Waals surface area contributed by atoms with Crippen molar-refractivity contribution in [2.45, 2.75) is 24.5 Å². The van der Waals surface area contributed by atoms with Gasteiger partial charge in [0, 0.05) is 22.9 Å². The summed E-state index contributed by atoms with van der Waals surface area (Å²) in [6.07, 6.45) is 0. The Morgan fingerprint density at radius 2 is 1.96 bits per heavy atom. The molecule has 0 aromatic heterocycles. The van der Waals surface area contributed by atoms with Crippen LogP contribution in [0.4, 0.5) is 0 Å². The molecule has 0 fully saturated rings. The third kappa shape index (κ3) is 5.96. The molecular formula is C19H23NOS2. The quantitative estimate of drug-likeness (QED) is 0.552. The van der Waals surface area contributed by atoms with Gasteiger partial charge in [-0.25, -0.2) is 0 Å². The fourth-order valence-corrected chi connectivity index (χ4v) is 3.87. The molecule has 0 aliphatic rings. The highest BCUT2D eigenvalue weighted by molar-refractivity contribution is 7.99. The van der Waals surface area contributed by atoms with Gasteiger partial charge in [-0.2, -0.15) is 11.8 Å². The normalized spacial score (nSPS) is 10.5. The van der Waals surface area contributed by atoms with Crippen molar-refractivity contribution in [3.05, 3.63) is 65.2 Å². The van der Waals surface area contributed by atoms with Crippen molar-refractivity contribution in [3.8, 4) is 0 Å². The summed E-state index contributed by atoms with van der Waals surface area (Å²) in [6, 6.07) is 16.4. The molecular weight excluding hydrogens is 322 g/mol. The minimum absolute atomic E-state index is 0.0257. The zero-order valence-electron chi connectivity index (χ0n) is 13.7. The molecule has 0 atom stereocenters. The van der Waals surface area contributed by atoms with Crippen molar-refractivity contribution in [2.24, 2.45) is 0 Å². The van der Waals surface area contributed by atoms with Crippen molar-refractivity contribution >= 4 is 29.4 Å². The van der Waals surface area contributed by atoms with E-state index in [1.807, 2.05) is 36.0 Å². The van der Waals surface area contributed by atoms with Gasteiger partial charge in [-0.3, -0.25) is 4.79 Å². The molecule has 122 valence electrons. The van der Waals surface area contributed by atoms with Gasteiger partial charge < -0.3 is 5.32 Å². The number of hydrogen-bond donors (Lipinski definition) is 1. The summed E-state index contributed by atoms with van der Waals surface area (Å²) >= 11 is 3.55. The lowest BCUT2D eigenvalue weighted by molar-refractivity contribution is 0.0953. The SMILES string of the molecule is CCSc1ccccc1C(=O)NCCSCc1cccc(C)c1. The van der Waals surface area contributed by atoms with Crippen LogP contribution in [-0.2, 0) is 5.75 Å². The summed E-state index contributed by atoms with van der Waals surface area (Å²) in [4.78, 5) is 13.3. The molecule has 0 heterocycles. The van der Waals surface area contributed by atoms with Gasteiger partial charge >= 0.3 is 0 Å². The number of amides is 1. The zero-order chi connectivity index (χ0) is 16.5. The van der Waals surface area contributed by atoms with Crippen LogP contribution in [0.5, 0.6) is 0 Å². The van der Waals surface area contributed by atoms with E-state index in [1.54, 1.807) is 11.8 Å². The molecule has 2 aromatic carbocycles. The fourth-order valence-electron chi connectivity index (χ4n) is 2.26. The van der Waals surface area contributed by atoms with Crippen molar-refractivity contribution in [1.29, 1.82) is 0 Å². The predicted molar refractivity (Wildman–Crippen MR) is 103 cm³/mol. The van der Waals surface area contributed by atoms with E-state index >= 15 is 0 Å². The first-order valence-electron chi connectivity index (χ1n) is 7.84. The van der Waals surface area contributed by atoms with E-state index in [4.69, 9.17) is 0 Å². The molecule has 23 heavy (non-hydrogen) atoms. The molecule has 0 radical (unpaired) electrons. The van der Waals surface area contributed by atoms with Gasteiger partial charge in [0.05, 0.1) is 5.56 Å². The van der Waals surface area contributed by atoms with Gasteiger partial charge in [-0.15, -0.1) is 11.8 Å². The molecule has 2 nitrogen and oxygen atoms in total. The van der Waals surface area contributed by atoms with E-state index in [9.17, 15) is 4.79 Å². The Kier molecular flexibility index (Phi) is 7.56. The van der Waals surface area contributed by atoms with Crippen LogP contribution in [0.25, 0.3) is 0 Å². The maximum atomic E-state index is 12.3. The second-order valence-electron chi connectivity index (χ2n) is 5.23. The Balaban J connectivity index is 1.75. The number of carbonyl (C=O) groups is 1. The van der Waals surface area contributed by atoms with Crippen molar-refractivity contribution in [3.63, 3.8) is 0 Å². The maximum Gasteiger partial charge on any atom is 0.252 e. The van der Waals surface area contributed by atoms with Crippen molar-refractivity contribution < 1.29 is 4.79 Å². The highest BCUT2D eigenvalue weighted by Gasteiger charge is 2.09. The van der Waals surface area contributed by atoms with Gasteiger partial charge in [0.2, 0.25) is 0 Å². The lowest BCUT2D eigenvalue weighted by atomic mass is 10.2. The summed E-state index contributed by atoms with van der Waals surface area (Å²) in [5.74, 6) is 2.90. The molecule has 0 saturated carbocycles. The highest BCUT2D eigenvalue weighted by Crippen LogP contribution is 2.22. The van der Waals surface area contributed by atoms with E-state index in [0.717, 1.165) is 27.7 Å². The Morgan fingerprint density at radius 3 is 2.74 bits per heavy atom. The van der Waals surface area contributed by atoms with Gasteiger partial charge in [-0.1, -0.05) is 48.9 Å². The number of hydrogen-bond acceptors (Lipinski definition) is 3. The Hall–Kier alpha value is -1.39. The van der Waals surface area contributed by atoms with E-state index in [0.29, 0.717) is 6.54 Å². The maximum absolute atomic E-state index is 12.3. The Bertz CT molecular complexity index is 643. The van der Waals surface area contributed by atoms with E-state index in [-0.39, 0.29) is 5.91 Å². The molecule has 1 amide bonds. The first-order valence-corrected chi connectivity index (χ1v) is 9.98. The molecule has 2 rings (SSSR count). The first-order chi connectivity index (χ1) is 11.2. The summed E-state index contributed by atoms with van der Waals surface area (Å²) in [5, 5.41) is 3.02. The molecule has 2 aromatic rings. The Morgan fingerprint density at radius 1 is 1.13 bits per heavy atom. The van der Waals surface area contributed by atoms with Gasteiger partial charge in [0.15, 0.2) is 0 Å². The van der Waals surface area contributed by atoms with Crippen LogP contribution in [0.2, 0.25) is 0 Å². The molecule has 0 spiro atoms. The smallest absolute Gasteiger partial charge is 0.252 e. The van der Waals surface area contributed by atoms with Crippen LogP contribution in [0, 0.1) is 6.92 Å². The highest BCUT2D eigenvalue weighted by atomic mass is 32.2. The van der Waals surface area contributed by atoms with Crippen LogP contribution in [-0.4, -0.2) is 24.0 Å². The predicted octanol–water partition coefficient (Wildman–Crippen LogP) is 4.77. The lowest BCUT2D eigenvalue weighted by Gasteiger charge is -2.09. The molecule has 0 aliphatic carbocycles. The molecule has 0 bridgehead atoms. The molecule has 0 saturated heterocycles. The minimum atomic E-state index is 0.0257. The number of carbonyl (C=O) groups excluding carboxylic acids is 1. The van der Waals surface area contributed by atoms with Crippen LogP contribution >= 0.6 is 23.5 Å². The molecule has 0 unspecified atom stereocenters. The van der Waals surface area contributed by atoms with Crippen molar-refractivity contribution in [2.75, 3.05) is 18.1 Å². The zero-order valence-corrected chi connectivity index (χ0v) is 15.3. The van der Waals surface area contributed by atoms with Gasteiger partial charge in [0.25, 0.3) is 5.91 Å². The minimum Gasteiger partial charge on any atom is -0.351 e. The van der Waals surface area contributed by atoms with Crippen molar-refractivity contribution in [1.82, 2.24) is 5.32 Å². The molecule has 0 aliphatic heterocycles. The van der Waals surface area contributed by atoms with Crippen LogP contribution in [0.15, 0.2) is 53.4 Å². The fraction of sp³-hybridized carbons (Fsp3) is 0.316. The number of nitrogens with one attached hydrogen (secondary N) is 1. The summed E-state index contributed by atoms with van der Waals surface area (Å²) in [6.45, 7) is 4.90. The number of rotatable bonds is 8. The average Bonchev–Trinajstić information content (AvgIpc) is 2.55. The average molecular weight is 346 g/mol.